The van der Waals surface area contributed by atoms with Gasteiger partial charge < -0.3 is 14.2 Å². The molecule has 0 spiro atoms. The van der Waals surface area contributed by atoms with Crippen LogP contribution in [-0.4, -0.2) is 57.0 Å². The summed E-state index contributed by atoms with van der Waals surface area (Å²) >= 11 is 3.46. The second kappa shape index (κ2) is 11.1. The molecule has 0 radical (unpaired) electrons. The number of methoxy groups -OCH3 is 1. The van der Waals surface area contributed by atoms with E-state index in [1.165, 1.54) is 19.4 Å². The minimum Gasteiger partial charge on any atom is -0.493 e. The van der Waals surface area contributed by atoms with Crippen LogP contribution in [0.3, 0.4) is 0 Å². The summed E-state index contributed by atoms with van der Waals surface area (Å²) in [6.07, 6.45) is 1.52. The normalized spacial score (nSPS) is 14.6. The third-order valence-corrected chi connectivity index (χ3v) is 5.17. The van der Waals surface area contributed by atoms with Crippen molar-refractivity contribution in [1.29, 1.82) is 0 Å². The minimum atomic E-state index is -0.327. The fourth-order valence-corrected chi connectivity index (χ4v) is 3.29. The summed E-state index contributed by atoms with van der Waals surface area (Å²) in [6, 6.07) is 9.87. The number of amides is 1. The Labute approximate surface area is 182 Å². The lowest BCUT2D eigenvalue weighted by Gasteiger charge is -2.25. The minimum absolute atomic E-state index is 0.0699. The van der Waals surface area contributed by atoms with E-state index in [0.29, 0.717) is 40.3 Å². The zero-order valence-corrected chi connectivity index (χ0v) is 18.2. The van der Waals surface area contributed by atoms with Crippen molar-refractivity contribution in [1.82, 2.24) is 10.3 Å². The molecule has 0 atom stereocenters. The molecular formula is C21H23BrFN3O4. The molecule has 7 nitrogen and oxygen atoms in total. The third kappa shape index (κ3) is 6.25. The van der Waals surface area contributed by atoms with Crippen LogP contribution in [-0.2, 0) is 16.1 Å². The van der Waals surface area contributed by atoms with Crippen molar-refractivity contribution in [3.8, 4) is 11.5 Å². The van der Waals surface area contributed by atoms with Crippen LogP contribution in [0.15, 0.2) is 46.0 Å². The van der Waals surface area contributed by atoms with Crippen LogP contribution >= 0.6 is 15.9 Å². The lowest BCUT2D eigenvalue weighted by molar-refractivity contribution is -0.123. The second-order valence-electron chi connectivity index (χ2n) is 6.59. The number of benzene rings is 2. The van der Waals surface area contributed by atoms with Gasteiger partial charge >= 0.3 is 0 Å². The highest BCUT2D eigenvalue weighted by molar-refractivity contribution is 9.10. The van der Waals surface area contributed by atoms with Crippen molar-refractivity contribution in [2.24, 2.45) is 5.10 Å². The molecule has 1 fully saturated rings. The van der Waals surface area contributed by atoms with E-state index in [2.05, 4.69) is 26.5 Å². The number of rotatable bonds is 8. The van der Waals surface area contributed by atoms with Crippen LogP contribution in [0.1, 0.15) is 11.1 Å². The van der Waals surface area contributed by atoms with Crippen molar-refractivity contribution in [3.63, 3.8) is 0 Å². The summed E-state index contributed by atoms with van der Waals surface area (Å²) in [4.78, 5) is 14.0. The Hall–Kier alpha value is -2.49. The zero-order valence-electron chi connectivity index (χ0n) is 16.6. The molecule has 1 saturated heterocycles. The first-order valence-electron chi connectivity index (χ1n) is 9.42. The number of ether oxygens (including phenoxy) is 3. The number of halogens is 2. The van der Waals surface area contributed by atoms with Gasteiger partial charge in [-0.05, 0) is 34.1 Å². The van der Waals surface area contributed by atoms with Gasteiger partial charge in [-0.3, -0.25) is 9.69 Å². The van der Waals surface area contributed by atoms with E-state index in [1.807, 2.05) is 4.90 Å². The van der Waals surface area contributed by atoms with Crippen molar-refractivity contribution < 1.29 is 23.4 Å². The van der Waals surface area contributed by atoms with Crippen molar-refractivity contribution in [2.75, 3.05) is 40.0 Å². The maximum Gasteiger partial charge on any atom is 0.254 e. The highest BCUT2D eigenvalue weighted by Gasteiger charge is 2.14. The van der Waals surface area contributed by atoms with Gasteiger partial charge in [0, 0.05) is 28.7 Å². The van der Waals surface area contributed by atoms with Gasteiger partial charge in [0.2, 0.25) is 0 Å². The van der Waals surface area contributed by atoms with Crippen LogP contribution in [0.2, 0.25) is 0 Å². The zero-order chi connectivity index (χ0) is 21.3. The summed E-state index contributed by atoms with van der Waals surface area (Å²) in [7, 11) is 1.52. The molecule has 0 saturated carbocycles. The van der Waals surface area contributed by atoms with E-state index in [4.69, 9.17) is 14.2 Å². The molecule has 2 aromatic rings. The van der Waals surface area contributed by atoms with Gasteiger partial charge in [-0.1, -0.05) is 18.2 Å². The molecule has 1 amide bonds. The van der Waals surface area contributed by atoms with Crippen LogP contribution in [0.4, 0.5) is 4.39 Å². The summed E-state index contributed by atoms with van der Waals surface area (Å²) in [5.74, 6) is 0.407. The number of carbonyl (C=O) groups excluding carboxylic acids is 1. The standard InChI is InChI=1S/C21H23BrFN3O4/c1-28-19-10-16(12-24-25-21(27)13-26-6-8-29-9-7-26)17(22)11-20(19)30-14-15-4-2-3-5-18(15)23/h2-5,10-12H,6-9,13-14H2,1H3,(H,25,27). The quantitative estimate of drug-likeness (QED) is 0.465. The van der Waals surface area contributed by atoms with Gasteiger partial charge in [0.05, 0.1) is 33.1 Å². The second-order valence-corrected chi connectivity index (χ2v) is 7.44. The van der Waals surface area contributed by atoms with E-state index in [1.54, 1.807) is 30.3 Å². The van der Waals surface area contributed by atoms with E-state index in [9.17, 15) is 9.18 Å². The molecule has 0 aliphatic carbocycles. The van der Waals surface area contributed by atoms with Crippen LogP contribution in [0.5, 0.6) is 11.5 Å². The highest BCUT2D eigenvalue weighted by Crippen LogP contribution is 2.33. The van der Waals surface area contributed by atoms with Gasteiger partial charge in [0.1, 0.15) is 12.4 Å². The van der Waals surface area contributed by atoms with Gasteiger partial charge in [-0.15, -0.1) is 0 Å². The predicted octanol–water partition coefficient (Wildman–Crippen LogP) is 2.96. The highest BCUT2D eigenvalue weighted by atomic mass is 79.9. The molecular weight excluding hydrogens is 457 g/mol. The van der Waals surface area contributed by atoms with Crippen LogP contribution in [0, 0.1) is 5.82 Å². The van der Waals surface area contributed by atoms with E-state index in [-0.39, 0.29) is 24.9 Å². The Bertz CT molecular complexity index is 904. The SMILES string of the molecule is COc1cc(C=NNC(=O)CN2CCOCC2)c(Br)cc1OCc1ccccc1F. The topological polar surface area (TPSA) is 72.4 Å². The lowest BCUT2D eigenvalue weighted by Crippen LogP contribution is -2.42. The first-order chi connectivity index (χ1) is 14.6. The van der Waals surface area contributed by atoms with Gasteiger partial charge in [0.15, 0.2) is 11.5 Å². The molecule has 160 valence electrons. The molecule has 1 heterocycles. The summed E-state index contributed by atoms with van der Waals surface area (Å²) in [5, 5.41) is 4.02. The molecule has 30 heavy (non-hydrogen) atoms. The average Bonchev–Trinajstić information content (AvgIpc) is 2.75. The van der Waals surface area contributed by atoms with Crippen molar-refractivity contribution in [3.05, 3.63) is 57.8 Å². The van der Waals surface area contributed by atoms with Crippen molar-refractivity contribution in [2.45, 2.75) is 6.61 Å². The first kappa shape index (κ1) is 22.2. The number of nitrogens with one attached hydrogen (secondary N) is 1. The van der Waals surface area contributed by atoms with Crippen LogP contribution < -0.4 is 14.9 Å². The molecule has 0 aromatic heterocycles. The van der Waals surface area contributed by atoms with Gasteiger partial charge in [0.25, 0.3) is 5.91 Å². The number of hydrogen-bond acceptors (Lipinski definition) is 6. The van der Waals surface area contributed by atoms with Gasteiger partial charge in [-0.25, -0.2) is 9.82 Å². The Morgan fingerprint density at radius 2 is 2.07 bits per heavy atom. The average molecular weight is 480 g/mol. The van der Waals surface area contributed by atoms with Crippen LogP contribution in [0.25, 0.3) is 0 Å². The number of morpholine rings is 1. The van der Waals surface area contributed by atoms with Gasteiger partial charge in [-0.2, -0.15) is 5.10 Å². The Balaban J connectivity index is 1.60. The molecule has 3 rings (SSSR count). The number of nitrogens with zero attached hydrogens (tertiary/aromatic N) is 2. The van der Waals surface area contributed by atoms with E-state index < -0.39 is 0 Å². The molecule has 1 N–H and O–H groups in total. The summed E-state index contributed by atoms with van der Waals surface area (Å²) in [6.45, 7) is 3.07. The molecule has 0 bridgehead atoms. The molecule has 1 aliphatic heterocycles. The fraction of sp³-hybridized carbons (Fsp3) is 0.333. The third-order valence-electron chi connectivity index (χ3n) is 4.49. The molecule has 9 heteroatoms. The van der Waals surface area contributed by atoms with E-state index in [0.717, 1.165) is 13.1 Å². The smallest absolute Gasteiger partial charge is 0.254 e. The predicted molar refractivity (Wildman–Crippen MR) is 114 cm³/mol. The Kier molecular flexibility index (Phi) is 8.18. The maximum absolute atomic E-state index is 13.8. The lowest BCUT2D eigenvalue weighted by atomic mass is 10.2. The van der Waals surface area contributed by atoms with Crippen molar-refractivity contribution >= 4 is 28.1 Å². The first-order valence-corrected chi connectivity index (χ1v) is 10.2. The maximum atomic E-state index is 13.8. The molecule has 1 aliphatic rings. The number of hydrazone groups is 1. The number of carbonyl (C=O) groups is 1. The number of hydrogen-bond donors (Lipinski definition) is 1. The summed E-state index contributed by atoms with van der Waals surface area (Å²) < 4.78 is 30.9. The fourth-order valence-electron chi connectivity index (χ4n) is 2.86. The molecule has 0 unspecified atom stereocenters. The summed E-state index contributed by atoms with van der Waals surface area (Å²) in [5.41, 5.74) is 3.66. The Morgan fingerprint density at radius 1 is 1.30 bits per heavy atom. The Morgan fingerprint density at radius 3 is 2.80 bits per heavy atom. The van der Waals surface area contributed by atoms with E-state index >= 15 is 0 Å². The molecule has 2 aromatic carbocycles. The largest absolute Gasteiger partial charge is 0.493 e. The monoisotopic (exact) mass is 479 g/mol.